The van der Waals surface area contributed by atoms with E-state index in [0.717, 1.165) is 12.0 Å². The molecule has 0 bridgehead atoms. The van der Waals surface area contributed by atoms with Crippen molar-refractivity contribution < 1.29 is 4.79 Å². The van der Waals surface area contributed by atoms with Gasteiger partial charge >= 0.3 is 0 Å². The Morgan fingerprint density at radius 1 is 1.53 bits per heavy atom. The average molecular weight is 262 g/mol. The Bertz CT molecular complexity index is 438. The summed E-state index contributed by atoms with van der Waals surface area (Å²) in [4.78, 5) is 12.8. The normalized spacial score (nSPS) is 29.2. The highest BCUT2D eigenvalue weighted by atomic mass is 16.1. The number of rotatable bonds is 4. The van der Waals surface area contributed by atoms with Gasteiger partial charge in [0.05, 0.1) is 11.8 Å². The van der Waals surface area contributed by atoms with Gasteiger partial charge in [0.15, 0.2) is 5.78 Å². The van der Waals surface area contributed by atoms with E-state index >= 15 is 0 Å². The summed E-state index contributed by atoms with van der Waals surface area (Å²) in [5.41, 5.74) is 0.787. The van der Waals surface area contributed by atoms with Crippen molar-refractivity contribution in [2.45, 2.75) is 46.5 Å². The van der Waals surface area contributed by atoms with Crippen LogP contribution in [0, 0.1) is 23.7 Å². The van der Waals surface area contributed by atoms with E-state index in [0.29, 0.717) is 23.5 Å². The summed E-state index contributed by atoms with van der Waals surface area (Å²) in [5.74, 6) is 2.17. The summed E-state index contributed by atoms with van der Waals surface area (Å²) < 4.78 is 1.72. The summed E-state index contributed by atoms with van der Waals surface area (Å²) in [6.07, 6.45) is 8.40. The van der Waals surface area contributed by atoms with Crippen molar-refractivity contribution in [3.63, 3.8) is 0 Å². The van der Waals surface area contributed by atoms with E-state index in [2.05, 4.69) is 25.9 Å². The summed E-state index contributed by atoms with van der Waals surface area (Å²) in [6.45, 7) is 6.77. The Balaban J connectivity index is 2.24. The van der Waals surface area contributed by atoms with E-state index in [1.807, 2.05) is 13.2 Å². The van der Waals surface area contributed by atoms with Crippen molar-refractivity contribution in [1.29, 1.82) is 0 Å². The molecule has 1 aliphatic rings. The highest BCUT2D eigenvalue weighted by molar-refractivity contribution is 5.97. The molecule has 0 amide bonds. The number of Topliss-reactive ketones (excluding diaryl/α,β-unsaturated/α-hetero) is 1. The fourth-order valence-electron chi connectivity index (χ4n) is 3.59. The maximum atomic E-state index is 12.8. The van der Waals surface area contributed by atoms with Crippen LogP contribution < -0.4 is 0 Å². The second-order valence-electron chi connectivity index (χ2n) is 6.25. The van der Waals surface area contributed by atoms with Gasteiger partial charge in [0.25, 0.3) is 0 Å². The van der Waals surface area contributed by atoms with Crippen LogP contribution in [0.1, 0.15) is 56.8 Å². The predicted molar refractivity (Wildman–Crippen MR) is 77.0 cm³/mol. The molecule has 106 valence electrons. The molecule has 1 aliphatic carbocycles. The van der Waals surface area contributed by atoms with Crippen LogP contribution in [0.3, 0.4) is 0 Å². The number of ketones is 1. The quantitative estimate of drug-likeness (QED) is 0.775. The Morgan fingerprint density at radius 3 is 2.84 bits per heavy atom. The first-order chi connectivity index (χ1) is 9.04. The lowest BCUT2D eigenvalue weighted by Crippen LogP contribution is -2.36. The number of hydrogen-bond donors (Lipinski definition) is 0. The van der Waals surface area contributed by atoms with Gasteiger partial charge in [-0.25, -0.2) is 0 Å². The molecule has 1 aromatic rings. The molecule has 1 fully saturated rings. The van der Waals surface area contributed by atoms with Crippen LogP contribution in [-0.4, -0.2) is 15.6 Å². The Labute approximate surface area is 116 Å². The predicted octanol–water partition coefficient (Wildman–Crippen LogP) is 3.70. The van der Waals surface area contributed by atoms with Crippen molar-refractivity contribution in [3.8, 4) is 0 Å². The molecule has 0 saturated heterocycles. The highest BCUT2D eigenvalue weighted by Gasteiger charge is 2.38. The second kappa shape index (κ2) is 5.89. The van der Waals surface area contributed by atoms with Crippen LogP contribution in [0.15, 0.2) is 12.4 Å². The molecule has 2 rings (SSSR count). The minimum atomic E-state index is 0.188. The van der Waals surface area contributed by atoms with E-state index in [9.17, 15) is 4.79 Å². The maximum Gasteiger partial charge on any atom is 0.169 e. The number of nitrogens with zero attached hydrogens (tertiary/aromatic N) is 2. The zero-order chi connectivity index (χ0) is 14.0. The minimum Gasteiger partial charge on any atom is -0.294 e. The fourth-order valence-corrected chi connectivity index (χ4v) is 3.59. The Kier molecular flexibility index (Phi) is 4.43. The molecule has 1 saturated carbocycles. The number of carbonyl (C=O) groups excluding carboxylic acids is 1. The molecule has 0 N–H and O–H groups in total. The van der Waals surface area contributed by atoms with Gasteiger partial charge in [-0.15, -0.1) is 0 Å². The van der Waals surface area contributed by atoms with Gasteiger partial charge in [-0.1, -0.05) is 33.6 Å². The molecule has 0 spiro atoms. The Morgan fingerprint density at radius 2 is 2.26 bits per heavy atom. The smallest absolute Gasteiger partial charge is 0.169 e. The molecule has 0 aliphatic heterocycles. The molecule has 3 nitrogen and oxygen atoms in total. The van der Waals surface area contributed by atoms with E-state index < -0.39 is 0 Å². The number of aromatic nitrogens is 2. The summed E-state index contributed by atoms with van der Waals surface area (Å²) in [6, 6.07) is 0. The zero-order valence-corrected chi connectivity index (χ0v) is 12.6. The molecule has 1 heterocycles. The van der Waals surface area contributed by atoms with Gasteiger partial charge in [-0.2, -0.15) is 5.10 Å². The van der Waals surface area contributed by atoms with Gasteiger partial charge < -0.3 is 0 Å². The number of carbonyl (C=O) groups is 1. The maximum absolute atomic E-state index is 12.8. The molecule has 4 unspecified atom stereocenters. The van der Waals surface area contributed by atoms with Gasteiger partial charge in [-0.05, 0) is 30.6 Å². The highest BCUT2D eigenvalue weighted by Crippen LogP contribution is 2.41. The first-order valence-electron chi connectivity index (χ1n) is 7.57. The van der Waals surface area contributed by atoms with Gasteiger partial charge in [0.1, 0.15) is 0 Å². The molecule has 19 heavy (non-hydrogen) atoms. The van der Waals surface area contributed by atoms with Crippen molar-refractivity contribution >= 4 is 5.78 Å². The van der Waals surface area contributed by atoms with Crippen molar-refractivity contribution in [2.75, 3.05) is 0 Å². The third kappa shape index (κ3) is 2.90. The molecular formula is C16H26N2O. The average Bonchev–Trinajstić information content (AvgIpc) is 2.83. The second-order valence-corrected chi connectivity index (χ2v) is 6.25. The minimum absolute atomic E-state index is 0.188. The van der Waals surface area contributed by atoms with Crippen molar-refractivity contribution in [2.24, 2.45) is 30.7 Å². The molecule has 4 atom stereocenters. The fraction of sp³-hybridized carbons (Fsp3) is 0.750. The summed E-state index contributed by atoms with van der Waals surface area (Å²) in [7, 11) is 1.87. The van der Waals surface area contributed by atoms with E-state index in [1.54, 1.807) is 10.9 Å². The topological polar surface area (TPSA) is 34.9 Å². The third-order valence-corrected chi connectivity index (χ3v) is 4.94. The van der Waals surface area contributed by atoms with Crippen LogP contribution in [0.2, 0.25) is 0 Å². The number of aryl methyl sites for hydroxylation is 1. The van der Waals surface area contributed by atoms with E-state index in [4.69, 9.17) is 0 Å². The zero-order valence-electron chi connectivity index (χ0n) is 12.6. The van der Waals surface area contributed by atoms with Gasteiger partial charge in [0.2, 0.25) is 0 Å². The van der Waals surface area contributed by atoms with Gasteiger partial charge in [0, 0.05) is 19.2 Å². The van der Waals surface area contributed by atoms with Crippen LogP contribution in [-0.2, 0) is 7.05 Å². The first kappa shape index (κ1) is 14.3. The first-order valence-corrected chi connectivity index (χ1v) is 7.57. The molecule has 0 aromatic carbocycles. The Hall–Kier alpha value is -1.12. The summed E-state index contributed by atoms with van der Waals surface area (Å²) in [5, 5.41) is 4.14. The van der Waals surface area contributed by atoms with Gasteiger partial charge in [-0.3, -0.25) is 9.48 Å². The standard InChI is InChI=1S/C16H26N2O/c1-5-11(2)14-8-6-7-12(3)15(14)16(19)13-9-17-18(4)10-13/h9-12,14-15H,5-8H2,1-4H3. The van der Waals surface area contributed by atoms with Crippen LogP contribution in [0.25, 0.3) is 0 Å². The lowest BCUT2D eigenvalue weighted by Gasteiger charge is -2.38. The largest absolute Gasteiger partial charge is 0.294 e. The lowest BCUT2D eigenvalue weighted by molar-refractivity contribution is 0.0643. The molecule has 1 aromatic heterocycles. The monoisotopic (exact) mass is 262 g/mol. The SMILES string of the molecule is CCC(C)C1CCCC(C)C1C(=O)c1cnn(C)c1. The van der Waals surface area contributed by atoms with Crippen LogP contribution in [0.4, 0.5) is 0 Å². The molecular weight excluding hydrogens is 236 g/mol. The summed E-state index contributed by atoms with van der Waals surface area (Å²) >= 11 is 0. The van der Waals surface area contributed by atoms with Crippen LogP contribution in [0.5, 0.6) is 0 Å². The molecule has 0 radical (unpaired) electrons. The van der Waals surface area contributed by atoms with Crippen molar-refractivity contribution in [3.05, 3.63) is 18.0 Å². The lowest BCUT2D eigenvalue weighted by atomic mass is 9.65. The number of hydrogen-bond acceptors (Lipinski definition) is 2. The molecule has 3 heteroatoms. The van der Waals surface area contributed by atoms with Crippen molar-refractivity contribution in [1.82, 2.24) is 9.78 Å². The third-order valence-electron chi connectivity index (χ3n) is 4.94. The van der Waals surface area contributed by atoms with E-state index in [-0.39, 0.29) is 5.92 Å². The van der Waals surface area contributed by atoms with E-state index in [1.165, 1.54) is 19.3 Å². The van der Waals surface area contributed by atoms with Crippen LogP contribution >= 0.6 is 0 Å².